The summed E-state index contributed by atoms with van der Waals surface area (Å²) >= 11 is 3.23. The van der Waals surface area contributed by atoms with Gasteiger partial charge in [-0.05, 0) is 54.6 Å². The summed E-state index contributed by atoms with van der Waals surface area (Å²) in [6.07, 6.45) is 6.74. The van der Waals surface area contributed by atoms with Gasteiger partial charge in [0, 0.05) is 23.8 Å². The van der Waals surface area contributed by atoms with Crippen LogP contribution in [0.4, 0.5) is 11.5 Å². The molecule has 0 saturated carbocycles. The van der Waals surface area contributed by atoms with Crippen molar-refractivity contribution in [2.45, 2.75) is 45.2 Å². The van der Waals surface area contributed by atoms with Gasteiger partial charge in [0.15, 0.2) is 0 Å². The van der Waals surface area contributed by atoms with Crippen LogP contribution in [0.5, 0.6) is 0 Å². The SMILES string of the molecule is CC(C)Nc1c(C2=CCC(N)CC2)cnc(N)c1C(=N)Br. The van der Waals surface area contributed by atoms with Crippen molar-refractivity contribution in [2.24, 2.45) is 5.73 Å². The maximum absolute atomic E-state index is 7.92. The zero-order valence-corrected chi connectivity index (χ0v) is 14.0. The van der Waals surface area contributed by atoms with Crippen molar-refractivity contribution < 1.29 is 0 Å². The molecule has 1 aromatic heterocycles. The Hall–Kier alpha value is -1.40. The van der Waals surface area contributed by atoms with Gasteiger partial charge in [-0.2, -0.15) is 0 Å². The van der Waals surface area contributed by atoms with E-state index in [0.717, 1.165) is 30.5 Å². The van der Waals surface area contributed by atoms with E-state index in [2.05, 4.69) is 46.2 Å². The van der Waals surface area contributed by atoms with E-state index in [4.69, 9.17) is 16.9 Å². The van der Waals surface area contributed by atoms with Gasteiger partial charge in [-0.3, -0.25) is 5.41 Å². The number of pyridine rings is 1. The fourth-order valence-electron chi connectivity index (χ4n) is 2.53. The van der Waals surface area contributed by atoms with E-state index < -0.39 is 0 Å². The van der Waals surface area contributed by atoms with Crippen LogP contribution in [-0.4, -0.2) is 21.7 Å². The van der Waals surface area contributed by atoms with E-state index in [9.17, 15) is 0 Å². The van der Waals surface area contributed by atoms with Crippen LogP contribution in [0.15, 0.2) is 12.3 Å². The monoisotopic (exact) mass is 351 g/mol. The van der Waals surface area contributed by atoms with Crippen molar-refractivity contribution in [2.75, 3.05) is 11.1 Å². The highest BCUT2D eigenvalue weighted by Crippen LogP contribution is 2.36. The van der Waals surface area contributed by atoms with Crippen LogP contribution in [-0.2, 0) is 0 Å². The maximum Gasteiger partial charge on any atom is 0.135 e. The summed E-state index contributed by atoms with van der Waals surface area (Å²) in [6.45, 7) is 4.13. The molecular weight excluding hydrogens is 330 g/mol. The van der Waals surface area contributed by atoms with Crippen molar-refractivity contribution >= 4 is 37.6 Å². The second kappa shape index (κ2) is 6.58. The highest BCUT2D eigenvalue weighted by molar-refractivity contribution is 9.18. The Labute approximate surface area is 133 Å². The minimum absolute atomic E-state index is 0.239. The number of anilines is 2. The van der Waals surface area contributed by atoms with Crippen molar-refractivity contribution in [3.05, 3.63) is 23.4 Å². The lowest BCUT2D eigenvalue weighted by atomic mass is 9.90. The summed E-state index contributed by atoms with van der Waals surface area (Å²) in [6, 6.07) is 0.480. The van der Waals surface area contributed by atoms with Gasteiger partial charge >= 0.3 is 0 Å². The molecule has 1 atom stereocenters. The molecule has 0 bridgehead atoms. The standard InChI is InChI=1S/C15H22BrN5/c1-8(2)21-13-11(9-3-5-10(17)6-4-9)7-20-15(19)12(13)14(16)18/h3,7-8,10,18H,4-6,17H2,1-2H3,(H3,19,20,21). The number of hydrogen-bond acceptors (Lipinski definition) is 5. The first-order valence-corrected chi connectivity index (χ1v) is 7.93. The molecule has 1 heterocycles. The second-order valence-electron chi connectivity index (χ2n) is 5.68. The molecule has 5 nitrogen and oxygen atoms in total. The Bertz CT molecular complexity index is 580. The van der Waals surface area contributed by atoms with E-state index in [1.807, 2.05) is 0 Å². The molecule has 2 rings (SSSR count). The van der Waals surface area contributed by atoms with E-state index in [0.29, 0.717) is 11.4 Å². The van der Waals surface area contributed by atoms with Crippen LogP contribution in [0.25, 0.3) is 5.57 Å². The first kappa shape index (κ1) is 16.0. The number of nitrogen functional groups attached to an aromatic ring is 1. The van der Waals surface area contributed by atoms with Crippen LogP contribution in [0.1, 0.15) is 44.2 Å². The molecule has 21 heavy (non-hydrogen) atoms. The molecule has 1 aliphatic rings. The van der Waals surface area contributed by atoms with Gasteiger partial charge in [0.25, 0.3) is 0 Å². The summed E-state index contributed by atoms with van der Waals surface area (Å²) in [5, 5.41) is 11.3. The Morgan fingerprint density at radius 3 is 2.76 bits per heavy atom. The van der Waals surface area contributed by atoms with Gasteiger partial charge in [0.2, 0.25) is 0 Å². The molecule has 1 aliphatic carbocycles. The van der Waals surface area contributed by atoms with Gasteiger partial charge in [0.05, 0.1) is 11.3 Å². The van der Waals surface area contributed by atoms with Crippen molar-refractivity contribution in [3.8, 4) is 0 Å². The van der Waals surface area contributed by atoms with Crippen LogP contribution < -0.4 is 16.8 Å². The van der Waals surface area contributed by atoms with Gasteiger partial charge in [-0.1, -0.05) is 6.08 Å². The summed E-state index contributed by atoms with van der Waals surface area (Å²) in [4.78, 5) is 4.26. The predicted octanol–water partition coefficient (Wildman–Crippen LogP) is 3.10. The minimum Gasteiger partial charge on any atom is -0.383 e. The lowest BCUT2D eigenvalue weighted by molar-refractivity contribution is 0.614. The number of rotatable bonds is 4. The predicted molar refractivity (Wildman–Crippen MR) is 93.0 cm³/mol. The zero-order valence-electron chi connectivity index (χ0n) is 12.4. The minimum atomic E-state index is 0.239. The Balaban J connectivity index is 2.54. The van der Waals surface area contributed by atoms with E-state index in [1.54, 1.807) is 6.20 Å². The molecule has 0 spiro atoms. The van der Waals surface area contributed by atoms with Gasteiger partial charge < -0.3 is 16.8 Å². The summed E-state index contributed by atoms with van der Waals surface area (Å²) in [5.74, 6) is 0.358. The molecular formula is C15H22BrN5. The number of nitrogens with one attached hydrogen (secondary N) is 2. The third-order valence-corrected chi connectivity index (χ3v) is 3.95. The highest BCUT2D eigenvalue weighted by Gasteiger charge is 2.21. The molecule has 6 N–H and O–H groups in total. The Kier molecular flexibility index (Phi) is 5.00. The average Bonchev–Trinajstić information content (AvgIpc) is 2.39. The number of halogens is 1. The van der Waals surface area contributed by atoms with Crippen molar-refractivity contribution in [3.63, 3.8) is 0 Å². The molecule has 0 saturated heterocycles. The van der Waals surface area contributed by atoms with Gasteiger partial charge in [0.1, 0.15) is 10.4 Å². The number of nitrogens with zero attached hydrogens (tertiary/aromatic N) is 1. The third-order valence-electron chi connectivity index (χ3n) is 3.56. The van der Waals surface area contributed by atoms with Gasteiger partial charge in [-0.15, -0.1) is 0 Å². The van der Waals surface area contributed by atoms with E-state index in [-0.39, 0.29) is 16.7 Å². The lowest BCUT2D eigenvalue weighted by Crippen LogP contribution is -2.22. The first-order chi connectivity index (χ1) is 9.90. The number of nitrogens with two attached hydrogens (primary N) is 2. The normalized spacial score (nSPS) is 18.5. The maximum atomic E-state index is 7.92. The highest BCUT2D eigenvalue weighted by atomic mass is 79.9. The zero-order chi connectivity index (χ0) is 15.6. The molecule has 1 unspecified atom stereocenters. The number of hydrogen-bond donors (Lipinski definition) is 4. The van der Waals surface area contributed by atoms with Crippen LogP contribution in [0.2, 0.25) is 0 Å². The molecule has 6 heteroatoms. The molecule has 0 aliphatic heterocycles. The second-order valence-corrected chi connectivity index (χ2v) is 6.48. The smallest absolute Gasteiger partial charge is 0.135 e. The number of allylic oxidation sites excluding steroid dienone is 1. The van der Waals surface area contributed by atoms with Crippen LogP contribution >= 0.6 is 15.9 Å². The molecule has 0 aromatic carbocycles. The molecule has 0 fully saturated rings. The molecule has 0 radical (unpaired) electrons. The summed E-state index contributed by atoms with van der Waals surface area (Å²) in [7, 11) is 0. The molecule has 114 valence electrons. The largest absolute Gasteiger partial charge is 0.383 e. The Morgan fingerprint density at radius 1 is 1.52 bits per heavy atom. The van der Waals surface area contributed by atoms with E-state index >= 15 is 0 Å². The Morgan fingerprint density at radius 2 is 2.24 bits per heavy atom. The third kappa shape index (κ3) is 3.63. The fourth-order valence-corrected chi connectivity index (χ4v) is 2.93. The lowest BCUT2D eigenvalue weighted by Gasteiger charge is -2.24. The summed E-state index contributed by atoms with van der Waals surface area (Å²) < 4.78 is 0.241. The molecule has 0 amide bonds. The first-order valence-electron chi connectivity index (χ1n) is 7.14. The average molecular weight is 352 g/mol. The number of aromatic nitrogens is 1. The topological polar surface area (TPSA) is 101 Å². The molecule has 1 aromatic rings. The summed E-state index contributed by atoms with van der Waals surface area (Å²) in [5.41, 5.74) is 15.7. The van der Waals surface area contributed by atoms with Crippen LogP contribution in [0.3, 0.4) is 0 Å². The van der Waals surface area contributed by atoms with Crippen LogP contribution in [0, 0.1) is 5.41 Å². The van der Waals surface area contributed by atoms with Gasteiger partial charge in [-0.25, -0.2) is 4.98 Å². The fraction of sp³-hybridized carbons (Fsp3) is 0.467. The van der Waals surface area contributed by atoms with Crippen molar-refractivity contribution in [1.82, 2.24) is 4.98 Å². The van der Waals surface area contributed by atoms with E-state index in [1.165, 1.54) is 5.57 Å². The quantitative estimate of drug-likeness (QED) is 0.626. The van der Waals surface area contributed by atoms with Crippen molar-refractivity contribution in [1.29, 1.82) is 5.41 Å².